The lowest BCUT2D eigenvalue weighted by Crippen LogP contribution is -2.24. The van der Waals surface area contributed by atoms with E-state index in [2.05, 4.69) is 21.5 Å². The average Bonchev–Trinajstić information content (AvgIpc) is 3.52. The summed E-state index contributed by atoms with van der Waals surface area (Å²) in [6.45, 7) is 3.33. The van der Waals surface area contributed by atoms with E-state index in [0.29, 0.717) is 18.5 Å². The van der Waals surface area contributed by atoms with Crippen LogP contribution in [0.15, 0.2) is 24.7 Å². The number of likely N-dealkylation sites (N-methyl/N-ethyl adjacent to an activating group) is 1. The fourth-order valence-corrected chi connectivity index (χ4v) is 5.18. The second kappa shape index (κ2) is 9.34. The van der Waals surface area contributed by atoms with Crippen LogP contribution in [0.1, 0.15) is 56.7 Å². The predicted molar refractivity (Wildman–Crippen MR) is 128 cm³/mol. The molecule has 1 saturated carbocycles. The molecule has 1 aliphatic carbocycles. The van der Waals surface area contributed by atoms with Gasteiger partial charge in [-0.2, -0.15) is 5.10 Å². The maximum absolute atomic E-state index is 12.5. The van der Waals surface area contributed by atoms with Crippen LogP contribution >= 0.6 is 0 Å². The number of hydrogen-bond acceptors (Lipinski definition) is 7. The van der Waals surface area contributed by atoms with E-state index in [-0.39, 0.29) is 24.1 Å². The van der Waals surface area contributed by atoms with Gasteiger partial charge in [0.15, 0.2) is 0 Å². The molecule has 34 heavy (non-hydrogen) atoms. The van der Waals surface area contributed by atoms with Gasteiger partial charge in [0, 0.05) is 55.7 Å². The van der Waals surface area contributed by atoms with Crippen molar-refractivity contribution in [1.82, 2.24) is 29.3 Å². The number of nitrogens with zero attached hydrogens (tertiary/aromatic N) is 6. The third-order valence-electron chi connectivity index (χ3n) is 7.08. The zero-order valence-electron chi connectivity index (χ0n) is 20.0. The Kier molecular flexibility index (Phi) is 6.26. The smallest absolute Gasteiger partial charge is 0.247 e. The minimum Gasteiger partial charge on any atom is -0.393 e. The number of nitrogens with one attached hydrogen (secondary N) is 1. The van der Waals surface area contributed by atoms with Crippen LogP contribution in [0.2, 0.25) is 0 Å². The first-order valence-electron chi connectivity index (χ1n) is 12.1. The number of aromatic nitrogens is 5. The molecule has 2 atom stereocenters. The predicted octanol–water partition coefficient (Wildman–Crippen LogP) is 2.46. The number of likely N-dealkylation sites (tertiary alicyclic amines) is 1. The second-order valence-corrected chi connectivity index (χ2v) is 9.64. The molecule has 2 N–H and O–H groups in total. The van der Waals surface area contributed by atoms with Gasteiger partial charge in [-0.25, -0.2) is 9.50 Å². The number of ether oxygens (including phenoxy) is 1. The zero-order valence-corrected chi connectivity index (χ0v) is 20.0. The monoisotopic (exact) mass is 467 g/mol. The van der Waals surface area contributed by atoms with Gasteiger partial charge in [0.1, 0.15) is 6.04 Å². The number of aliphatic hydroxyl groups is 1. The molecule has 5 rings (SSSR count). The Bertz CT molecular complexity index is 1160. The van der Waals surface area contributed by atoms with Gasteiger partial charge in [0.2, 0.25) is 11.9 Å². The van der Waals surface area contributed by atoms with Crippen molar-refractivity contribution in [3.63, 3.8) is 0 Å². The molecule has 10 heteroatoms. The van der Waals surface area contributed by atoms with E-state index in [1.807, 2.05) is 37.1 Å². The molecule has 0 radical (unpaired) electrons. The summed E-state index contributed by atoms with van der Waals surface area (Å²) in [7, 11) is 3.51. The summed E-state index contributed by atoms with van der Waals surface area (Å²) in [6.07, 6.45) is 9.60. The summed E-state index contributed by atoms with van der Waals surface area (Å²) >= 11 is 0. The van der Waals surface area contributed by atoms with E-state index in [9.17, 15) is 9.90 Å². The maximum Gasteiger partial charge on any atom is 0.247 e. The third kappa shape index (κ3) is 4.27. The lowest BCUT2D eigenvalue weighted by atomic mass is 9.85. The Morgan fingerprint density at radius 2 is 2.03 bits per heavy atom. The molecule has 4 heterocycles. The Hall–Kier alpha value is -2.98. The van der Waals surface area contributed by atoms with Crippen LogP contribution in [-0.2, 0) is 9.53 Å². The molecule has 0 bridgehead atoms. The largest absolute Gasteiger partial charge is 0.393 e. The van der Waals surface area contributed by atoms with E-state index >= 15 is 0 Å². The molecule has 1 amide bonds. The summed E-state index contributed by atoms with van der Waals surface area (Å²) < 4.78 is 8.99. The van der Waals surface area contributed by atoms with Gasteiger partial charge in [0.25, 0.3) is 0 Å². The van der Waals surface area contributed by atoms with Crippen LogP contribution in [0.5, 0.6) is 0 Å². The topological polar surface area (TPSA) is 110 Å². The molecule has 10 nitrogen and oxygen atoms in total. The first-order chi connectivity index (χ1) is 16.4. The number of rotatable bonds is 7. The molecular weight excluding hydrogens is 434 g/mol. The van der Waals surface area contributed by atoms with E-state index in [4.69, 9.17) is 9.84 Å². The highest BCUT2D eigenvalue weighted by molar-refractivity contribution is 5.83. The quantitative estimate of drug-likeness (QED) is 0.549. The summed E-state index contributed by atoms with van der Waals surface area (Å²) in [5.74, 6) is 0.956. The zero-order chi connectivity index (χ0) is 23.8. The number of carbonyl (C=O) groups is 1. The molecule has 0 aromatic carbocycles. The number of carbonyl (C=O) groups excluding carboxylic acids is 1. The number of aliphatic hydroxyl groups excluding tert-OH is 1. The summed E-state index contributed by atoms with van der Waals surface area (Å²) in [5, 5.41) is 22.7. The van der Waals surface area contributed by atoms with Crippen molar-refractivity contribution >= 4 is 17.4 Å². The molecular formula is C24H33N7O3. The molecule has 2 aliphatic rings. The minimum absolute atomic E-state index is 0.0751. The van der Waals surface area contributed by atoms with Crippen molar-refractivity contribution in [3.8, 4) is 11.1 Å². The van der Waals surface area contributed by atoms with Crippen molar-refractivity contribution in [2.75, 3.05) is 32.6 Å². The standard InChI is InChI=1S/C24H33N7O3/c1-15(14-34-3)27-24-25-12-22-19(10-21(31(22)28-24)16-4-6-18(32)7-5-16)17-11-26-30(13-17)20-8-9-29(2)23(20)33/h10-13,15-16,18,20,32H,4-9,14H2,1-3H3,(H,27,28)/t15-,16?,18?,20+/m0/s1. The van der Waals surface area contributed by atoms with E-state index in [0.717, 1.165) is 61.0 Å². The normalized spacial score (nSPS) is 24.2. The van der Waals surface area contributed by atoms with Crippen LogP contribution in [-0.4, -0.2) is 79.7 Å². The molecule has 182 valence electrons. The minimum atomic E-state index is -0.249. The highest BCUT2D eigenvalue weighted by atomic mass is 16.5. The van der Waals surface area contributed by atoms with E-state index in [1.54, 1.807) is 16.7 Å². The van der Waals surface area contributed by atoms with Gasteiger partial charge in [-0.1, -0.05) is 0 Å². The fraction of sp³-hybridized carbons (Fsp3) is 0.583. The van der Waals surface area contributed by atoms with Gasteiger partial charge in [-0.05, 0) is 45.1 Å². The number of amides is 1. The van der Waals surface area contributed by atoms with Gasteiger partial charge in [0.05, 0.1) is 30.6 Å². The molecule has 2 fully saturated rings. The Morgan fingerprint density at radius 1 is 1.24 bits per heavy atom. The van der Waals surface area contributed by atoms with Crippen LogP contribution in [0.3, 0.4) is 0 Å². The molecule has 3 aromatic rings. The van der Waals surface area contributed by atoms with Crippen LogP contribution in [0.4, 0.5) is 5.95 Å². The molecule has 1 aliphatic heterocycles. The number of hydrogen-bond donors (Lipinski definition) is 2. The molecule has 3 aromatic heterocycles. The van der Waals surface area contributed by atoms with Crippen molar-refractivity contribution in [1.29, 1.82) is 0 Å². The number of methoxy groups -OCH3 is 1. The molecule has 0 unspecified atom stereocenters. The average molecular weight is 468 g/mol. The van der Waals surface area contributed by atoms with E-state index < -0.39 is 0 Å². The van der Waals surface area contributed by atoms with Gasteiger partial charge in [-0.15, -0.1) is 5.10 Å². The second-order valence-electron chi connectivity index (χ2n) is 9.64. The van der Waals surface area contributed by atoms with Crippen LogP contribution in [0.25, 0.3) is 16.6 Å². The summed E-state index contributed by atoms with van der Waals surface area (Å²) in [4.78, 5) is 18.8. The van der Waals surface area contributed by atoms with Crippen molar-refractivity contribution < 1.29 is 14.6 Å². The fourth-order valence-electron chi connectivity index (χ4n) is 5.18. The first-order valence-corrected chi connectivity index (χ1v) is 12.1. The molecule has 0 spiro atoms. The maximum atomic E-state index is 12.5. The number of anilines is 1. The molecule has 1 saturated heterocycles. The van der Waals surface area contributed by atoms with Gasteiger partial charge in [-0.3, -0.25) is 9.48 Å². The summed E-state index contributed by atoms with van der Waals surface area (Å²) in [6, 6.07) is 2.01. The van der Waals surface area contributed by atoms with Crippen LogP contribution < -0.4 is 5.32 Å². The van der Waals surface area contributed by atoms with Crippen LogP contribution in [0, 0.1) is 0 Å². The van der Waals surface area contributed by atoms with Crippen molar-refractivity contribution in [2.45, 2.75) is 63.1 Å². The Morgan fingerprint density at radius 3 is 2.74 bits per heavy atom. The van der Waals surface area contributed by atoms with E-state index in [1.165, 1.54) is 0 Å². The highest BCUT2D eigenvalue weighted by Gasteiger charge is 2.32. The highest BCUT2D eigenvalue weighted by Crippen LogP contribution is 2.38. The SMILES string of the molecule is COC[C@H](C)Nc1ncc2c(-c3cnn([C@@H]4CCN(C)C4=O)c3)cc(C3CCC(O)CC3)n2n1. The lowest BCUT2D eigenvalue weighted by Gasteiger charge is -2.25. The van der Waals surface area contributed by atoms with Crippen molar-refractivity contribution in [2.24, 2.45) is 0 Å². The lowest BCUT2D eigenvalue weighted by molar-refractivity contribution is -0.129. The van der Waals surface area contributed by atoms with Gasteiger partial charge < -0.3 is 20.1 Å². The Balaban J connectivity index is 1.52. The first kappa shape index (κ1) is 22.8. The number of fused-ring (bicyclic) bond motifs is 1. The summed E-state index contributed by atoms with van der Waals surface area (Å²) in [5.41, 5.74) is 3.97. The Labute approximate surface area is 198 Å². The van der Waals surface area contributed by atoms with Gasteiger partial charge >= 0.3 is 0 Å². The van der Waals surface area contributed by atoms with Crippen molar-refractivity contribution in [3.05, 3.63) is 30.4 Å². The third-order valence-corrected chi connectivity index (χ3v) is 7.08.